The van der Waals surface area contributed by atoms with Crippen molar-refractivity contribution >= 4 is 17.9 Å². The summed E-state index contributed by atoms with van der Waals surface area (Å²) in [4.78, 5) is 42.1. The SMILES string of the molecule is CC(C)C[C@@H](C(=O)O)N1C(=O)N(Cc2ccc(-c3ccccc3)cc2)C(C)(c2ccccc2)C1=O. The van der Waals surface area contributed by atoms with Crippen molar-refractivity contribution in [1.29, 1.82) is 0 Å². The predicted molar refractivity (Wildman–Crippen MR) is 134 cm³/mol. The molecule has 3 aromatic carbocycles. The highest BCUT2D eigenvalue weighted by molar-refractivity contribution is 6.09. The summed E-state index contributed by atoms with van der Waals surface area (Å²) >= 11 is 0. The average molecular weight is 471 g/mol. The quantitative estimate of drug-likeness (QED) is 0.439. The first kappa shape index (κ1) is 24.2. The standard InChI is InChI=1S/C29H30N2O4/c1-20(2)18-25(26(32)33)31-27(34)29(3,24-12-8-5-9-13-24)30(28(31)35)19-21-14-16-23(17-15-21)22-10-6-4-7-11-22/h4-17,20,25H,18-19H2,1-3H3,(H,32,33)/t25-,29?/m0/s1. The second-order valence-corrected chi connectivity index (χ2v) is 9.53. The lowest BCUT2D eigenvalue weighted by atomic mass is 9.89. The molecule has 6 heteroatoms. The molecule has 1 unspecified atom stereocenters. The normalized spacial score (nSPS) is 18.9. The molecule has 1 saturated heterocycles. The van der Waals surface area contributed by atoms with Gasteiger partial charge in [-0.05, 0) is 41.5 Å². The van der Waals surface area contributed by atoms with Crippen LogP contribution in [0, 0.1) is 5.92 Å². The number of carbonyl (C=O) groups excluding carboxylic acids is 2. The zero-order valence-electron chi connectivity index (χ0n) is 20.2. The molecule has 180 valence electrons. The molecular formula is C29H30N2O4. The van der Waals surface area contributed by atoms with Gasteiger partial charge in [0.2, 0.25) is 0 Å². The van der Waals surface area contributed by atoms with Crippen molar-refractivity contribution < 1.29 is 19.5 Å². The van der Waals surface area contributed by atoms with Gasteiger partial charge in [0.1, 0.15) is 11.6 Å². The van der Waals surface area contributed by atoms with E-state index >= 15 is 0 Å². The maximum atomic E-state index is 13.8. The first-order valence-electron chi connectivity index (χ1n) is 11.8. The van der Waals surface area contributed by atoms with Gasteiger partial charge in [0.05, 0.1) is 0 Å². The summed E-state index contributed by atoms with van der Waals surface area (Å²) in [6, 6.07) is 25.1. The highest BCUT2D eigenvalue weighted by atomic mass is 16.4. The largest absolute Gasteiger partial charge is 0.480 e. The summed E-state index contributed by atoms with van der Waals surface area (Å²) < 4.78 is 0. The molecule has 6 nitrogen and oxygen atoms in total. The number of imide groups is 1. The predicted octanol–water partition coefficient (Wildman–Crippen LogP) is 5.53. The number of urea groups is 1. The number of aliphatic carboxylic acids is 1. The summed E-state index contributed by atoms with van der Waals surface area (Å²) in [6.07, 6.45) is 0.192. The Morgan fingerprint density at radius 2 is 1.40 bits per heavy atom. The van der Waals surface area contributed by atoms with Gasteiger partial charge in [0.25, 0.3) is 5.91 Å². The summed E-state index contributed by atoms with van der Waals surface area (Å²) in [5, 5.41) is 9.91. The third-order valence-corrected chi connectivity index (χ3v) is 6.64. The highest BCUT2D eigenvalue weighted by Crippen LogP contribution is 2.40. The van der Waals surface area contributed by atoms with E-state index in [0.717, 1.165) is 21.6 Å². The van der Waals surface area contributed by atoms with Crippen LogP contribution in [0.3, 0.4) is 0 Å². The highest BCUT2D eigenvalue weighted by Gasteiger charge is 2.58. The molecule has 0 spiro atoms. The first-order chi connectivity index (χ1) is 16.7. The van der Waals surface area contributed by atoms with Gasteiger partial charge in [-0.2, -0.15) is 0 Å². The van der Waals surface area contributed by atoms with Gasteiger partial charge in [-0.25, -0.2) is 14.5 Å². The number of rotatable bonds is 8. The van der Waals surface area contributed by atoms with Crippen LogP contribution in [-0.4, -0.2) is 38.9 Å². The Balaban J connectivity index is 1.72. The second-order valence-electron chi connectivity index (χ2n) is 9.53. The molecular weight excluding hydrogens is 440 g/mol. The maximum Gasteiger partial charge on any atom is 0.329 e. The number of hydrogen-bond donors (Lipinski definition) is 1. The molecule has 1 fully saturated rings. The van der Waals surface area contributed by atoms with Crippen molar-refractivity contribution in [3.05, 3.63) is 96.1 Å². The van der Waals surface area contributed by atoms with E-state index < -0.39 is 29.5 Å². The molecule has 2 atom stereocenters. The van der Waals surface area contributed by atoms with Gasteiger partial charge in [-0.3, -0.25) is 4.79 Å². The molecule has 1 heterocycles. The van der Waals surface area contributed by atoms with Crippen LogP contribution in [0.1, 0.15) is 38.3 Å². The van der Waals surface area contributed by atoms with E-state index in [-0.39, 0.29) is 18.9 Å². The first-order valence-corrected chi connectivity index (χ1v) is 11.8. The van der Waals surface area contributed by atoms with Crippen LogP contribution in [0.15, 0.2) is 84.9 Å². The van der Waals surface area contributed by atoms with Gasteiger partial charge >= 0.3 is 12.0 Å². The Morgan fingerprint density at radius 1 is 0.857 bits per heavy atom. The Labute approximate surface area is 205 Å². The number of carbonyl (C=O) groups is 3. The van der Waals surface area contributed by atoms with Gasteiger partial charge in [0.15, 0.2) is 0 Å². The molecule has 1 aliphatic heterocycles. The van der Waals surface area contributed by atoms with E-state index in [9.17, 15) is 19.5 Å². The third-order valence-electron chi connectivity index (χ3n) is 6.64. The van der Waals surface area contributed by atoms with Crippen LogP contribution < -0.4 is 0 Å². The van der Waals surface area contributed by atoms with Crippen LogP contribution in [0.4, 0.5) is 4.79 Å². The summed E-state index contributed by atoms with van der Waals surface area (Å²) in [6.45, 7) is 5.64. The Hall–Kier alpha value is -3.93. The van der Waals surface area contributed by atoms with E-state index in [1.165, 1.54) is 4.90 Å². The number of hydrogen-bond acceptors (Lipinski definition) is 3. The van der Waals surface area contributed by atoms with E-state index in [1.807, 2.05) is 86.6 Å². The fourth-order valence-corrected chi connectivity index (χ4v) is 4.68. The third kappa shape index (κ3) is 4.56. The number of nitrogens with zero attached hydrogens (tertiary/aromatic N) is 2. The molecule has 0 saturated carbocycles. The van der Waals surface area contributed by atoms with Gasteiger partial charge in [-0.15, -0.1) is 0 Å². The van der Waals surface area contributed by atoms with Crippen molar-refractivity contribution in [3.8, 4) is 11.1 Å². The molecule has 3 amide bonds. The van der Waals surface area contributed by atoms with Gasteiger partial charge in [-0.1, -0.05) is 98.8 Å². The molecule has 0 aromatic heterocycles. The Kier molecular flexibility index (Phi) is 6.74. The number of amides is 3. The molecule has 35 heavy (non-hydrogen) atoms. The fraction of sp³-hybridized carbons (Fsp3) is 0.276. The van der Waals surface area contributed by atoms with Gasteiger partial charge < -0.3 is 10.0 Å². The Bertz CT molecular complexity index is 1210. The van der Waals surface area contributed by atoms with E-state index in [2.05, 4.69) is 0 Å². The maximum absolute atomic E-state index is 13.8. The molecule has 1 aliphatic rings. The van der Waals surface area contributed by atoms with Crippen LogP contribution in [0.5, 0.6) is 0 Å². The molecule has 0 aliphatic carbocycles. The van der Waals surface area contributed by atoms with Crippen molar-refractivity contribution in [2.75, 3.05) is 0 Å². The minimum absolute atomic E-state index is 0.000683. The molecule has 4 rings (SSSR count). The summed E-state index contributed by atoms with van der Waals surface area (Å²) in [7, 11) is 0. The zero-order chi connectivity index (χ0) is 25.2. The number of benzene rings is 3. The monoisotopic (exact) mass is 470 g/mol. The lowest BCUT2D eigenvalue weighted by Gasteiger charge is -2.32. The minimum atomic E-state index is -1.32. The molecule has 1 N–H and O–H groups in total. The van der Waals surface area contributed by atoms with Gasteiger partial charge in [0, 0.05) is 6.54 Å². The van der Waals surface area contributed by atoms with Crippen molar-refractivity contribution in [2.45, 2.75) is 45.3 Å². The van der Waals surface area contributed by atoms with Crippen LogP contribution in [0.2, 0.25) is 0 Å². The number of carboxylic acids is 1. The average Bonchev–Trinajstić information content (AvgIpc) is 3.05. The van der Waals surface area contributed by atoms with Crippen molar-refractivity contribution in [3.63, 3.8) is 0 Å². The van der Waals surface area contributed by atoms with Crippen molar-refractivity contribution in [2.24, 2.45) is 5.92 Å². The van der Waals surface area contributed by atoms with Crippen molar-refractivity contribution in [1.82, 2.24) is 9.80 Å². The van der Waals surface area contributed by atoms with E-state index in [1.54, 1.807) is 19.1 Å². The zero-order valence-corrected chi connectivity index (χ0v) is 20.2. The minimum Gasteiger partial charge on any atom is -0.480 e. The molecule has 0 radical (unpaired) electrons. The second kappa shape index (κ2) is 9.74. The molecule has 0 bridgehead atoms. The van der Waals surface area contributed by atoms with Crippen LogP contribution in [-0.2, 0) is 21.7 Å². The molecule has 3 aromatic rings. The topological polar surface area (TPSA) is 77.9 Å². The Morgan fingerprint density at radius 3 is 1.94 bits per heavy atom. The lowest BCUT2D eigenvalue weighted by molar-refractivity contribution is -0.148. The van der Waals surface area contributed by atoms with Crippen LogP contribution >= 0.6 is 0 Å². The van der Waals surface area contributed by atoms with E-state index in [0.29, 0.717) is 5.56 Å². The smallest absolute Gasteiger partial charge is 0.329 e. The van der Waals surface area contributed by atoms with E-state index in [4.69, 9.17) is 0 Å². The van der Waals surface area contributed by atoms with Crippen LogP contribution in [0.25, 0.3) is 11.1 Å². The summed E-state index contributed by atoms with van der Waals surface area (Å²) in [5.74, 6) is -1.69. The summed E-state index contributed by atoms with van der Waals surface area (Å²) in [5.41, 5.74) is 2.32. The lowest BCUT2D eigenvalue weighted by Crippen LogP contribution is -2.47. The number of carboxylic acid groups (broad SMARTS) is 1. The fourth-order valence-electron chi connectivity index (χ4n) is 4.68.